The Bertz CT molecular complexity index is 493. The van der Waals surface area contributed by atoms with E-state index in [0.717, 1.165) is 6.07 Å². The van der Waals surface area contributed by atoms with Crippen molar-refractivity contribution in [3.05, 3.63) is 34.3 Å². The first-order valence-corrected chi connectivity index (χ1v) is 5.71. The molecule has 98 valence electrons. The molecule has 1 saturated carbocycles. The number of aliphatic carboxylic acids is 1. The molecule has 0 aromatic heterocycles. The third kappa shape index (κ3) is 2.46. The van der Waals surface area contributed by atoms with Gasteiger partial charge in [-0.3, -0.25) is 4.79 Å². The van der Waals surface area contributed by atoms with Crippen LogP contribution in [0.5, 0.6) is 0 Å². The van der Waals surface area contributed by atoms with Crippen LogP contribution in [0.3, 0.4) is 0 Å². The van der Waals surface area contributed by atoms with E-state index in [-0.39, 0.29) is 11.4 Å². The van der Waals surface area contributed by atoms with E-state index in [9.17, 15) is 18.0 Å². The Labute approximate surface area is 106 Å². The third-order valence-corrected chi connectivity index (χ3v) is 3.50. The highest BCUT2D eigenvalue weighted by Gasteiger charge is 2.50. The predicted octanol–water partition coefficient (Wildman–Crippen LogP) is 3.77. The average Bonchev–Trinajstić information content (AvgIpc) is 2.96. The van der Waals surface area contributed by atoms with E-state index < -0.39 is 23.1 Å². The molecule has 2 nitrogen and oxygen atoms in total. The Kier molecular flexibility index (Phi) is 3.05. The van der Waals surface area contributed by atoms with Gasteiger partial charge in [-0.2, -0.15) is 13.2 Å². The van der Waals surface area contributed by atoms with Crippen molar-refractivity contribution >= 4 is 17.6 Å². The summed E-state index contributed by atoms with van der Waals surface area (Å²) in [5, 5.41) is 8.62. The van der Waals surface area contributed by atoms with Crippen molar-refractivity contribution in [2.45, 2.75) is 25.4 Å². The lowest BCUT2D eigenvalue weighted by Gasteiger charge is -2.13. The van der Waals surface area contributed by atoms with Gasteiger partial charge in [-0.15, -0.1) is 0 Å². The number of rotatable bonds is 3. The molecule has 0 bridgehead atoms. The molecule has 1 aromatic rings. The van der Waals surface area contributed by atoms with Crippen LogP contribution in [-0.4, -0.2) is 11.1 Å². The van der Waals surface area contributed by atoms with Crippen LogP contribution in [0.25, 0.3) is 0 Å². The number of halogens is 4. The first-order valence-electron chi connectivity index (χ1n) is 5.34. The van der Waals surface area contributed by atoms with Crippen molar-refractivity contribution < 1.29 is 23.1 Å². The molecule has 0 spiro atoms. The van der Waals surface area contributed by atoms with Crippen LogP contribution in [0, 0.1) is 5.41 Å². The molecule has 18 heavy (non-hydrogen) atoms. The molecule has 0 radical (unpaired) electrons. The van der Waals surface area contributed by atoms with Crippen LogP contribution >= 0.6 is 11.6 Å². The van der Waals surface area contributed by atoms with Gasteiger partial charge in [-0.05, 0) is 37.0 Å². The molecule has 1 aliphatic carbocycles. The predicted molar refractivity (Wildman–Crippen MR) is 59.5 cm³/mol. The number of benzene rings is 1. The van der Waals surface area contributed by atoms with Gasteiger partial charge in [0.1, 0.15) is 0 Å². The van der Waals surface area contributed by atoms with E-state index in [0.29, 0.717) is 18.4 Å². The summed E-state index contributed by atoms with van der Waals surface area (Å²) in [7, 11) is 0. The molecule has 1 aliphatic rings. The van der Waals surface area contributed by atoms with Crippen LogP contribution in [0.15, 0.2) is 18.2 Å². The number of alkyl halides is 3. The lowest BCUT2D eigenvalue weighted by atomic mass is 9.96. The van der Waals surface area contributed by atoms with Gasteiger partial charge in [0.2, 0.25) is 0 Å². The Morgan fingerprint density at radius 3 is 2.39 bits per heavy atom. The van der Waals surface area contributed by atoms with Crippen LogP contribution in [0.2, 0.25) is 5.02 Å². The van der Waals surface area contributed by atoms with E-state index >= 15 is 0 Å². The Morgan fingerprint density at radius 2 is 2.00 bits per heavy atom. The van der Waals surface area contributed by atoms with Crippen molar-refractivity contribution in [3.63, 3.8) is 0 Å². The fraction of sp³-hybridized carbons (Fsp3) is 0.417. The van der Waals surface area contributed by atoms with E-state index in [1.165, 1.54) is 12.1 Å². The second kappa shape index (κ2) is 4.16. The molecule has 6 heteroatoms. The fourth-order valence-electron chi connectivity index (χ4n) is 1.91. The number of hydrogen-bond donors (Lipinski definition) is 1. The first-order chi connectivity index (χ1) is 8.24. The largest absolute Gasteiger partial charge is 0.481 e. The lowest BCUT2D eigenvalue weighted by molar-refractivity contribution is -0.143. The molecule has 0 amide bonds. The number of hydrogen-bond acceptors (Lipinski definition) is 1. The molecule has 0 aliphatic heterocycles. The number of carbonyl (C=O) groups is 1. The van der Waals surface area contributed by atoms with E-state index in [1.54, 1.807) is 0 Å². The topological polar surface area (TPSA) is 37.3 Å². The van der Waals surface area contributed by atoms with Gasteiger partial charge in [0.05, 0.1) is 16.0 Å². The summed E-state index contributed by atoms with van der Waals surface area (Å²) >= 11 is 5.58. The minimum atomic E-state index is -4.49. The lowest BCUT2D eigenvalue weighted by Crippen LogP contribution is -2.17. The highest BCUT2D eigenvalue weighted by atomic mass is 35.5. The van der Waals surface area contributed by atoms with Crippen LogP contribution in [0.1, 0.15) is 24.0 Å². The van der Waals surface area contributed by atoms with Crippen molar-refractivity contribution in [3.8, 4) is 0 Å². The van der Waals surface area contributed by atoms with Gasteiger partial charge >= 0.3 is 12.1 Å². The van der Waals surface area contributed by atoms with E-state index in [4.69, 9.17) is 16.7 Å². The maximum Gasteiger partial charge on any atom is 0.417 e. The van der Waals surface area contributed by atoms with Crippen LogP contribution < -0.4 is 0 Å². The average molecular weight is 279 g/mol. The highest BCUT2D eigenvalue weighted by molar-refractivity contribution is 6.31. The van der Waals surface area contributed by atoms with Gasteiger partial charge < -0.3 is 5.11 Å². The van der Waals surface area contributed by atoms with Gasteiger partial charge in [0.25, 0.3) is 0 Å². The van der Waals surface area contributed by atoms with E-state index in [1.807, 2.05) is 0 Å². The Balaban J connectivity index is 2.23. The van der Waals surface area contributed by atoms with E-state index in [2.05, 4.69) is 0 Å². The second-order valence-corrected chi connectivity index (χ2v) is 4.98. The zero-order chi connectivity index (χ0) is 13.6. The summed E-state index contributed by atoms with van der Waals surface area (Å²) in [6.07, 6.45) is -3.15. The highest BCUT2D eigenvalue weighted by Crippen LogP contribution is 2.49. The molecule has 2 rings (SSSR count). The maximum atomic E-state index is 12.5. The molecule has 0 saturated heterocycles. The third-order valence-electron chi connectivity index (χ3n) is 3.19. The summed E-state index contributed by atoms with van der Waals surface area (Å²) in [5.41, 5.74) is -1.18. The van der Waals surface area contributed by atoms with Crippen LogP contribution in [-0.2, 0) is 17.4 Å². The van der Waals surface area contributed by atoms with Gasteiger partial charge in [0, 0.05) is 0 Å². The summed E-state index contributed by atoms with van der Waals surface area (Å²) in [5.74, 6) is -0.904. The van der Waals surface area contributed by atoms with Gasteiger partial charge in [-0.25, -0.2) is 0 Å². The summed E-state index contributed by atoms with van der Waals surface area (Å²) in [6.45, 7) is 0. The zero-order valence-electron chi connectivity index (χ0n) is 9.22. The normalized spacial score (nSPS) is 17.6. The van der Waals surface area contributed by atoms with Gasteiger partial charge in [0.15, 0.2) is 0 Å². The van der Waals surface area contributed by atoms with Crippen molar-refractivity contribution in [1.29, 1.82) is 0 Å². The van der Waals surface area contributed by atoms with Crippen molar-refractivity contribution in [2.24, 2.45) is 5.41 Å². The monoisotopic (exact) mass is 278 g/mol. The molecule has 1 fully saturated rings. The molecule has 0 unspecified atom stereocenters. The van der Waals surface area contributed by atoms with Crippen LogP contribution in [0.4, 0.5) is 13.2 Å². The maximum absolute atomic E-state index is 12.5. The summed E-state index contributed by atoms with van der Waals surface area (Å²) in [6, 6.07) is 3.39. The van der Waals surface area contributed by atoms with Gasteiger partial charge in [-0.1, -0.05) is 17.7 Å². The molecular formula is C12H10ClF3O2. The number of carboxylic acids is 1. The quantitative estimate of drug-likeness (QED) is 0.914. The second-order valence-electron chi connectivity index (χ2n) is 4.57. The first kappa shape index (κ1) is 13.2. The van der Waals surface area contributed by atoms with Crippen molar-refractivity contribution in [1.82, 2.24) is 0 Å². The molecule has 1 aromatic carbocycles. The summed E-state index contributed by atoms with van der Waals surface area (Å²) in [4.78, 5) is 11.0. The number of carboxylic acid groups (broad SMARTS) is 1. The molecule has 0 atom stereocenters. The SMILES string of the molecule is O=C(O)C1(Cc2ccc(C(F)(F)F)c(Cl)c2)CC1. The minimum Gasteiger partial charge on any atom is -0.481 e. The smallest absolute Gasteiger partial charge is 0.417 e. The molecule has 1 N–H and O–H groups in total. The zero-order valence-corrected chi connectivity index (χ0v) is 9.98. The molecular weight excluding hydrogens is 269 g/mol. The standard InChI is InChI=1S/C12H10ClF3O2/c13-9-5-7(1-2-8(9)12(14,15)16)6-11(3-4-11)10(17)18/h1-2,5H,3-4,6H2,(H,17,18). The Morgan fingerprint density at radius 1 is 1.39 bits per heavy atom. The summed E-state index contributed by atoms with van der Waals surface area (Å²) < 4.78 is 37.4. The minimum absolute atomic E-state index is 0.222. The van der Waals surface area contributed by atoms with Crippen molar-refractivity contribution in [2.75, 3.05) is 0 Å². The molecule has 0 heterocycles. The fourth-order valence-corrected chi connectivity index (χ4v) is 2.22. The Hall–Kier alpha value is -1.23.